The summed E-state index contributed by atoms with van der Waals surface area (Å²) in [5, 5.41) is 3.31. The molecule has 2 aliphatic heterocycles. The Labute approximate surface area is 196 Å². The molecule has 2 aliphatic rings. The molecule has 1 N–H and O–H groups in total. The number of halogens is 1. The fourth-order valence-electron chi connectivity index (χ4n) is 3.83. The minimum Gasteiger partial charge on any atom is -0.379 e. The number of ether oxygens (including phenoxy) is 2. The van der Waals surface area contributed by atoms with Crippen molar-refractivity contribution in [2.24, 2.45) is 4.99 Å². The minimum atomic E-state index is -2.98. The molecule has 8 nitrogen and oxygen atoms in total. The zero-order chi connectivity index (χ0) is 20.7. The number of nitrogens with zero attached hydrogens (tertiary/aromatic N) is 3. The van der Waals surface area contributed by atoms with Crippen LogP contribution in [-0.2, 0) is 25.9 Å². The van der Waals surface area contributed by atoms with Crippen LogP contribution < -0.4 is 5.32 Å². The molecule has 2 unspecified atom stereocenters. The lowest BCUT2D eigenvalue weighted by atomic mass is 10.1. The number of nitrogens with one attached hydrogen (secondary N) is 1. The summed E-state index contributed by atoms with van der Waals surface area (Å²) in [6.45, 7) is 5.53. The van der Waals surface area contributed by atoms with E-state index >= 15 is 0 Å². The highest BCUT2D eigenvalue weighted by atomic mass is 127. The Morgan fingerprint density at radius 1 is 1.27 bits per heavy atom. The molecule has 0 aliphatic carbocycles. The largest absolute Gasteiger partial charge is 0.379 e. The van der Waals surface area contributed by atoms with Crippen LogP contribution in [0.5, 0.6) is 0 Å². The average molecular weight is 552 g/mol. The van der Waals surface area contributed by atoms with Gasteiger partial charge in [0.25, 0.3) is 0 Å². The van der Waals surface area contributed by atoms with E-state index in [0.29, 0.717) is 19.2 Å². The maximum Gasteiger partial charge on any atom is 0.193 e. The van der Waals surface area contributed by atoms with Crippen molar-refractivity contribution in [3.05, 3.63) is 35.9 Å². The summed E-state index contributed by atoms with van der Waals surface area (Å²) in [5.74, 6) is 0.876. The van der Waals surface area contributed by atoms with Gasteiger partial charge in [0.1, 0.15) is 9.84 Å². The Hall–Kier alpha value is -0.950. The number of likely N-dealkylation sites (tertiary alicyclic amines) is 1. The van der Waals surface area contributed by atoms with Crippen molar-refractivity contribution in [1.82, 2.24) is 15.1 Å². The first kappa shape index (κ1) is 25.3. The van der Waals surface area contributed by atoms with E-state index in [2.05, 4.69) is 44.4 Å². The van der Waals surface area contributed by atoms with E-state index in [4.69, 9.17) is 9.47 Å². The molecular weight excluding hydrogens is 519 g/mol. The predicted octanol–water partition coefficient (Wildman–Crippen LogP) is 0.826. The molecule has 2 fully saturated rings. The molecule has 1 aromatic carbocycles. The minimum absolute atomic E-state index is 0. The Morgan fingerprint density at radius 2 is 2.03 bits per heavy atom. The van der Waals surface area contributed by atoms with Crippen molar-refractivity contribution < 1.29 is 17.9 Å². The Balaban J connectivity index is 0.00000320. The summed E-state index contributed by atoms with van der Waals surface area (Å²) >= 11 is 0. The summed E-state index contributed by atoms with van der Waals surface area (Å²) in [4.78, 5) is 9.14. The standard InChI is InChI=1S/C20H32N4O4S.HI/c1-21-20(22-8-10-27-12-13-29(2,25)26)24-15-18-19(16-24)28-11-9-23(18)14-17-6-4-3-5-7-17;/h3-7,18-19H,8-16H2,1-2H3,(H,21,22);1H. The van der Waals surface area contributed by atoms with Crippen molar-refractivity contribution >= 4 is 39.8 Å². The lowest BCUT2D eigenvalue weighted by molar-refractivity contribution is -0.0502. The third-order valence-corrected chi connectivity index (χ3v) is 6.19. The van der Waals surface area contributed by atoms with Crippen LogP contribution in [0.2, 0.25) is 0 Å². The number of aliphatic imine (C=N–C) groups is 1. The molecule has 170 valence electrons. The molecule has 0 saturated carbocycles. The molecule has 0 amide bonds. The van der Waals surface area contributed by atoms with E-state index in [1.165, 1.54) is 11.8 Å². The molecule has 0 radical (unpaired) electrons. The second-order valence-corrected chi connectivity index (χ2v) is 9.81. The molecule has 3 rings (SSSR count). The van der Waals surface area contributed by atoms with Crippen LogP contribution in [-0.4, -0.2) is 101 Å². The quantitative estimate of drug-likeness (QED) is 0.222. The highest BCUT2D eigenvalue weighted by molar-refractivity contribution is 14.0. The van der Waals surface area contributed by atoms with Gasteiger partial charge in [0.2, 0.25) is 0 Å². The topological polar surface area (TPSA) is 83.5 Å². The van der Waals surface area contributed by atoms with Gasteiger partial charge in [-0.25, -0.2) is 8.42 Å². The van der Waals surface area contributed by atoms with Gasteiger partial charge in [0.15, 0.2) is 5.96 Å². The van der Waals surface area contributed by atoms with Gasteiger partial charge >= 0.3 is 0 Å². The van der Waals surface area contributed by atoms with Gasteiger partial charge in [-0.15, -0.1) is 24.0 Å². The third-order valence-electron chi connectivity index (χ3n) is 5.28. The van der Waals surface area contributed by atoms with Crippen LogP contribution >= 0.6 is 24.0 Å². The molecule has 2 atom stereocenters. The first-order valence-electron chi connectivity index (χ1n) is 10.1. The van der Waals surface area contributed by atoms with Crippen LogP contribution in [0.3, 0.4) is 0 Å². The third kappa shape index (κ3) is 7.63. The Kier molecular flexibility index (Phi) is 10.3. The molecule has 1 aromatic rings. The molecule has 0 bridgehead atoms. The number of rotatable bonds is 8. The van der Waals surface area contributed by atoms with Gasteiger partial charge < -0.3 is 19.7 Å². The normalized spacial score (nSPS) is 22.5. The van der Waals surface area contributed by atoms with Crippen molar-refractivity contribution in [2.75, 3.05) is 65.1 Å². The van der Waals surface area contributed by atoms with E-state index in [0.717, 1.165) is 38.7 Å². The van der Waals surface area contributed by atoms with E-state index in [1.807, 2.05) is 6.07 Å². The van der Waals surface area contributed by atoms with Gasteiger partial charge in [0.05, 0.1) is 37.7 Å². The lowest BCUT2D eigenvalue weighted by Gasteiger charge is -2.36. The van der Waals surface area contributed by atoms with Gasteiger partial charge in [-0.3, -0.25) is 9.89 Å². The number of sulfone groups is 1. The zero-order valence-electron chi connectivity index (χ0n) is 17.7. The SMILES string of the molecule is CN=C(NCCOCCS(C)(=O)=O)N1CC2OCCN(Cc3ccccc3)C2C1.I. The summed E-state index contributed by atoms with van der Waals surface area (Å²) in [6, 6.07) is 10.9. The highest BCUT2D eigenvalue weighted by Crippen LogP contribution is 2.24. The summed E-state index contributed by atoms with van der Waals surface area (Å²) in [7, 11) is -1.21. The highest BCUT2D eigenvalue weighted by Gasteiger charge is 2.41. The van der Waals surface area contributed by atoms with Crippen LogP contribution in [0.25, 0.3) is 0 Å². The number of morpholine rings is 1. The van der Waals surface area contributed by atoms with Crippen molar-refractivity contribution in [3.63, 3.8) is 0 Å². The average Bonchev–Trinajstić information content (AvgIpc) is 3.12. The van der Waals surface area contributed by atoms with Gasteiger partial charge in [0, 0.05) is 46.0 Å². The first-order valence-corrected chi connectivity index (χ1v) is 12.1. The number of guanidine groups is 1. The summed E-state index contributed by atoms with van der Waals surface area (Å²) in [6.07, 6.45) is 1.39. The number of fused-ring (bicyclic) bond motifs is 1. The summed E-state index contributed by atoms with van der Waals surface area (Å²) in [5.41, 5.74) is 1.32. The van der Waals surface area contributed by atoms with E-state index in [9.17, 15) is 8.42 Å². The number of hydrogen-bond donors (Lipinski definition) is 1. The molecular formula is C20H33IN4O4S. The summed E-state index contributed by atoms with van der Waals surface area (Å²) < 4.78 is 33.7. The van der Waals surface area contributed by atoms with Crippen molar-refractivity contribution in [2.45, 2.75) is 18.7 Å². The number of benzene rings is 1. The van der Waals surface area contributed by atoms with Gasteiger partial charge in [-0.2, -0.15) is 0 Å². The second kappa shape index (κ2) is 12.2. The maximum atomic E-state index is 11.1. The van der Waals surface area contributed by atoms with Gasteiger partial charge in [-0.1, -0.05) is 30.3 Å². The fourth-order valence-corrected chi connectivity index (χ4v) is 4.25. The zero-order valence-corrected chi connectivity index (χ0v) is 20.8. The number of hydrogen-bond acceptors (Lipinski definition) is 6. The van der Waals surface area contributed by atoms with Crippen molar-refractivity contribution in [1.29, 1.82) is 0 Å². The molecule has 0 aromatic heterocycles. The van der Waals surface area contributed by atoms with Gasteiger partial charge in [-0.05, 0) is 5.56 Å². The van der Waals surface area contributed by atoms with E-state index in [1.54, 1.807) is 7.05 Å². The Bertz CT molecular complexity index is 778. The van der Waals surface area contributed by atoms with E-state index in [-0.39, 0.29) is 42.4 Å². The van der Waals surface area contributed by atoms with Crippen LogP contribution in [0.15, 0.2) is 35.3 Å². The predicted molar refractivity (Wildman–Crippen MR) is 129 cm³/mol. The van der Waals surface area contributed by atoms with Crippen molar-refractivity contribution in [3.8, 4) is 0 Å². The molecule has 10 heteroatoms. The molecule has 0 spiro atoms. The molecule has 2 heterocycles. The molecule has 30 heavy (non-hydrogen) atoms. The first-order chi connectivity index (χ1) is 14.0. The second-order valence-electron chi connectivity index (χ2n) is 7.55. The monoisotopic (exact) mass is 552 g/mol. The van der Waals surface area contributed by atoms with Crippen LogP contribution in [0, 0.1) is 0 Å². The lowest BCUT2D eigenvalue weighted by Crippen LogP contribution is -2.50. The molecule has 2 saturated heterocycles. The fraction of sp³-hybridized carbons (Fsp3) is 0.650. The maximum absolute atomic E-state index is 11.1. The van der Waals surface area contributed by atoms with Crippen LogP contribution in [0.4, 0.5) is 0 Å². The smallest absolute Gasteiger partial charge is 0.193 e. The van der Waals surface area contributed by atoms with Crippen LogP contribution in [0.1, 0.15) is 5.56 Å². The van der Waals surface area contributed by atoms with E-state index < -0.39 is 9.84 Å². The Morgan fingerprint density at radius 3 is 2.73 bits per heavy atom.